The fourth-order valence-corrected chi connectivity index (χ4v) is 4.99. The smallest absolute Gasteiger partial charge is 0.242 e. The number of pyridine rings is 1. The summed E-state index contributed by atoms with van der Waals surface area (Å²) >= 11 is 0. The summed E-state index contributed by atoms with van der Waals surface area (Å²) in [7, 11) is -2.31. The van der Waals surface area contributed by atoms with E-state index in [2.05, 4.69) is 10.3 Å². The van der Waals surface area contributed by atoms with Gasteiger partial charge in [-0.1, -0.05) is 6.07 Å². The lowest BCUT2D eigenvalue weighted by molar-refractivity contribution is -0.134. The van der Waals surface area contributed by atoms with Crippen LogP contribution in [0, 0.1) is 18.7 Å². The van der Waals surface area contributed by atoms with E-state index in [4.69, 9.17) is 0 Å². The Morgan fingerprint density at radius 3 is 2.64 bits per heavy atom. The second-order valence-corrected chi connectivity index (χ2v) is 10.3. The average molecular weight is 477 g/mol. The minimum Gasteiger partial charge on any atom is -0.342 e. The van der Waals surface area contributed by atoms with Crippen molar-refractivity contribution < 1.29 is 22.4 Å². The number of sulfonamides is 1. The number of hydrogen-bond donors (Lipinski definition) is 1. The number of piperidine rings is 1. The Labute approximate surface area is 193 Å². The lowest BCUT2D eigenvalue weighted by Gasteiger charge is -2.32. The number of halogens is 1. The van der Waals surface area contributed by atoms with E-state index < -0.39 is 15.8 Å². The highest BCUT2D eigenvalue weighted by Crippen LogP contribution is 2.20. The molecule has 10 heteroatoms. The maximum Gasteiger partial charge on any atom is 0.242 e. The summed E-state index contributed by atoms with van der Waals surface area (Å²) in [6.45, 7) is 2.91. The molecular weight excluding hydrogens is 447 g/mol. The number of aromatic nitrogens is 1. The van der Waals surface area contributed by atoms with Crippen LogP contribution in [-0.4, -0.2) is 61.1 Å². The third-order valence-electron chi connectivity index (χ3n) is 5.67. The third kappa shape index (κ3) is 6.58. The van der Waals surface area contributed by atoms with Crippen molar-refractivity contribution in [3.63, 3.8) is 0 Å². The van der Waals surface area contributed by atoms with Gasteiger partial charge in [-0.3, -0.25) is 9.59 Å². The zero-order valence-corrected chi connectivity index (χ0v) is 19.6. The van der Waals surface area contributed by atoms with E-state index in [1.807, 2.05) is 19.1 Å². The number of anilines is 1. The highest BCUT2D eigenvalue weighted by atomic mass is 32.2. The number of rotatable bonds is 8. The molecule has 0 radical (unpaired) electrons. The van der Waals surface area contributed by atoms with Gasteiger partial charge in [-0.05, 0) is 62.6 Å². The van der Waals surface area contributed by atoms with Crippen molar-refractivity contribution >= 4 is 27.7 Å². The van der Waals surface area contributed by atoms with Gasteiger partial charge >= 0.3 is 0 Å². The van der Waals surface area contributed by atoms with Crippen LogP contribution in [0.2, 0.25) is 0 Å². The predicted molar refractivity (Wildman–Crippen MR) is 122 cm³/mol. The Balaban J connectivity index is 1.48. The summed E-state index contributed by atoms with van der Waals surface area (Å²) in [5.74, 6) is -0.587. The van der Waals surface area contributed by atoms with Crippen molar-refractivity contribution in [2.45, 2.75) is 37.5 Å². The largest absolute Gasteiger partial charge is 0.342 e. The third-order valence-corrected chi connectivity index (χ3v) is 7.54. The number of nitrogens with one attached hydrogen (secondary N) is 1. The van der Waals surface area contributed by atoms with Crippen molar-refractivity contribution in [2.75, 3.05) is 32.0 Å². The van der Waals surface area contributed by atoms with Crippen LogP contribution >= 0.6 is 0 Å². The molecule has 0 spiro atoms. The minimum absolute atomic E-state index is 0.00529. The molecule has 0 bridgehead atoms. The van der Waals surface area contributed by atoms with Gasteiger partial charge in [-0.2, -0.15) is 0 Å². The molecule has 33 heavy (non-hydrogen) atoms. The van der Waals surface area contributed by atoms with Gasteiger partial charge in [0.1, 0.15) is 11.6 Å². The maximum absolute atomic E-state index is 13.1. The number of aryl methyl sites for hydroxylation is 1. The molecule has 1 N–H and O–H groups in total. The van der Waals surface area contributed by atoms with Crippen molar-refractivity contribution in [1.29, 1.82) is 0 Å². The lowest BCUT2D eigenvalue weighted by atomic mass is 9.96. The van der Waals surface area contributed by atoms with Crippen LogP contribution in [0.5, 0.6) is 0 Å². The summed E-state index contributed by atoms with van der Waals surface area (Å²) in [5.41, 5.74) is 0.805. The lowest BCUT2D eigenvalue weighted by Crippen LogP contribution is -2.44. The van der Waals surface area contributed by atoms with Crippen LogP contribution in [0.4, 0.5) is 10.2 Å². The molecule has 8 nitrogen and oxygen atoms in total. The summed E-state index contributed by atoms with van der Waals surface area (Å²) in [5, 5.41) is 2.82. The first-order valence-corrected chi connectivity index (χ1v) is 12.3. The zero-order valence-electron chi connectivity index (χ0n) is 18.8. The monoisotopic (exact) mass is 476 g/mol. The second-order valence-electron chi connectivity index (χ2n) is 8.22. The molecule has 1 saturated heterocycles. The van der Waals surface area contributed by atoms with Gasteiger partial charge < -0.3 is 10.2 Å². The minimum atomic E-state index is -3.75. The van der Waals surface area contributed by atoms with E-state index in [0.29, 0.717) is 31.7 Å². The molecule has 1 aromatic heterocycles. The van der Waals surface area contributed by atoms with Gasteiger partial charge in [0, 0.05) is 38.8 Å². The molecule has 1 aromatic carbocycles. The number of likely N-dealkylation sites (tertiary alicyclic amines) is 1. The number of benzene rings is 1. The fourth-order valence-electron chi connectivity index (χ4n) is 3.78. The molecule has 1 unspecified atom stereocenters. The van der Waals surface area contributed by atoms with Crippen molar-refractivity contribution in [3.05, 3.63) is 54.0 Å². The molecular formula is C23H29FN4O4S. The number of amides is 2. The highest BCUT2D eigenvalue weighted by Gasteiger charge is 2.29. The fraction of sp³-hybridized carbons (Fsp3) is 0.435. The number of carbonyl (C=O) groups excluding carboxylic acids is 2. The topological polar surface area (TPSA) is 99.7 Å². The van der Waals surface area contributed by atoms with E-state index in [9.17, 15) is 22.4 Å². The molecule has 2 aromatic rings. The summed E-state index contributed by atoms with van der Waals surface area (Å²) in [6.07, 6.45) is 1.94. The van der Waals surface area contributed by atoms with Crippen LogP contribution < -0.4 is 5.32 Å². The zero-order chi connectivity index (χ0) is 24.0. The van der Waals surface area contributed by atoms with E-state index in [-0.39, 0.29) is 35.6 Å². The predicted octanol–water partition coefficient (Wildman–Crippen LogP) is 2.81. The molecule has 1 atom stereocenters. The van der Waals surface area contributed by atoms with Gasteiger partial charge in [0.25, 0.3) is 0 Å². The maximum atomic E-state index is 13.1. The highest BCUT2D eigenvalue weighted by molar-refractivity contribution is 7.89. The Hall–Kier alpha value is -2.85. The summed E-state index contributed by atoms with van der Waals surface area (Å²) in [6, 6.07) is 10.0. The van der Waals surface area contributed by atoms with Crippen LogP contribution in [0.3, 0.4) is 0 Å². The molecule has 3 rings (SSSR count). The van der Waals surface area contributed by atoms with Crippen molar-refractivity contribution in [3.8, 4) is 0 Å². The Kier molecular flexibility index (Phi) is 8.15. The summed E-state index contributed by atoms with van der Waals surface area (Å²) in [4.78, 5) is 31.3. The first-order valence-electron chi connectivity index (χ1n) is 10.9. The summed E-state index contributed by atoms with van der Waals surface area (Å²) < 4.78 is 39.4. The normalized spacial score (nSPS) is 16.6. The molecule has 0 saturated carbocycles. The number of carbonyl (C=O) groups is 2. The average Bonchev–Trinajstić information content (AvgIpc) is 2.79. The van der Waals surface area contributed by atoms with Crippen LogP contribution in [0.25, 0.3) is 0 Å². The Morgan fingerprint density at radius 2 is 1.94 bits per heavy atom. The Morgan fingerprint density at radius 1 is 1.21 bits per heavy atom. The van der Waals surface area contributed by atoms with E-state index in [1.54, 1.807) is 11.0 Å². The van der Waals surface area contributed by atoms with Gasteiger partial charge in [0.2, 0.25) is 21.8 Å². The first kappa shape index (κ1) is 24.8. The molecule has 2 amide bonds. The second kappa shape index (κ2) is 10.8. The van der Waals surface area contributed by atoms with Crippen molar-refractivity contribution in [2.24, 2.45) is 5.92 Å². The Bertz CT molecular complexity index is 1090. The van der Waals surface area contributed by atoms with E-state index in [0.717, 1.165) is 28.6 Å². The standard InChI is InChI=1S/C23H29FN4O4S/c1-17-6-3-8-21(25-17)26-23(30)18-7-4-15-28(16-18)22(29)9-5-14-27(2)33(31,32)20-12-10-19(24)11-13-20/h3,6,8,10-13,18H,4-5,7,9,14-16H2,1-2H3,(H,25,26,30). The van der Waals surface area contributed by atoms with Crippen molar-refractivity contribution in [1.82, 2.24) is 14.2 Å². The molecule has 1 aliphatic heterocycles. The van der Waals surface area contributed by atoms with Gasteiger partial charge in [-0.15, -0.1) is 0 Å². The number of nitrogens with zero attached hydrogens (tertiary/aromatic N) is 3. The molecule has 1 fully saturated rings. The molecule has 2 heterocycles. The SMILES string of the molecule is Cc1cccc(NC(=O)C2CCCN(C(=O)CCCN(C)S(=O)(=O)c3ccc(F)cc3)C2)n1. The molecule has 178 valence electrons. The van der Waals surface area contributed by atoms with Crippen LogP contribution in [0.1, 0.15) is 31.4 Å². The number of hydrogen-bond acceptors (Lipinski definition) is 5. The van der Waals surface area contributed by atoms with Gasteiger partial charge in [0.05, 0.1) is 10.8 Å². The van der Waals surface area contributed by atoms with Gasteiger partial charge in [0.15, 0.2) is 0 Å². The molecule has 1 aliphatic rings. The van der Waals surface area contributed by atoms with E-state index in [1.165, 1.54) is 19.2 Å². The van der Waals surface area contributed by atoms with Crippen LogP contribution in [0.15, 0.2) is 47.4 Å². The van der Waals surface area contributed by atoms with E-state index >= 15 is 0 Å². The van der Waals surface area contributed by atoms with Crippen LogP contribution in [-0.2, 0) is 19.6 Å². The molecule has 0 aliphatic carbocycles. The first-order chi connectivity index (χ1) is 15.7. The van der Waals surface area contributed by atoms with Gasteiger partial charge in [-0.25, -0.2) is 22.1 Å². The quantitative estimate of drug-likeness (QED) is 0.632.